The van der Waals surface area contributed by atoms with Crippen LogP contribution in [0.4, 0.5) is 0 Å². The molecule has 0 bridgehead atoms. The monoisotopic (exact) mass is 399 g/mol. The van der Waals surface area contributed by atoms with Crippen molar-refractivity contribution in [1.29, 1.82) is 0 Å². The molecular formula is C22H26ClN3O2. The van der Waals surface area contributed by atoms with Crippen LogP contribution in [0, 0.1) is 0 Å². The van der Waals surface area contributed by atoms with E-state index in [0.29, 0.717) is 17.6 Å². The molecule has 0 amide bonds. The van der Waals surface area contributed by atoms with Crippen molar-refractivity contribution in [2.24, 2.45) is 4.99 Å². The minimum Gasteiger partial charge on any atom is -0.493 e. The fourth-order valence-electron chi connectivity index (χ4n) is 3.85. The number of guanidine groups is 1. The predicted octanol–water partition coefficient (Wildman–Crippen LogP) is 4.68. The van der Waals surface area contributed by atoms with Gasteiger partial charge in [-0.15, -0.1) is 0 Å². The third-order valence-electron chi connectivity index (χ3n) is 5.00. The minimum atomic E-state index is -0.917. The molecule has 2 heterocycles. The van der Waals surface area contributed by atoms with Crippen LogP contribution in [0.25, 0.3) is 0 Å². The molecule has 2 aliphatic rings. The van der Waals surface area contributed by atoms with E-state index in [1.807, 2.05) is 43.4 Å². The third kappa shape index (κ3) is 3.45. The first-order chi connectivity index (χ1) is 13.3. The van der Waals surface area contributed by atoms with Gasteiger partial charge in [0.1, 0.15) is 5.75 Å². The highest BCUT2D eigenvalue weighted by atomic mass is 35.5. The maximum Gasteiger partial charge on any atom is 0.225 e. The Kier molecular flexibility index (Phi) is 4.76. The van der Waals surface area contributed by atoms with Crippen LogP contribution in [0.15, 0.2) is 53.5 Å². The van der Waals surface area contributed by atoms with Crippen LogP contribution in [-0.2, 0) is 10.6 Å². The molecule has 148 valence electrons. The van der Waals surface area contributed by atoms with Crippen LogP contribution < -0.4 is 10.1 Å². The molecule has 4 rings (SSSR count). The van der Waals surface area contributed by atoms with Crippen molar-refractivity contribution in [3.05, 3.63) is 64.7 Å². The molecule has 2 aromatic carbocycles. The van der Waals surface area contributed by atoms with Crippen LogP contribution in [0.2, 0.25) is 5.02 Å². The highest BCUT2D eigenvalue weighted by Crippen LogP contribution is 2.51. The summed E-state index contributed by atoms with van der Waals surface area (Å²) in [5.74, 6) is 1.43. The Hall–Kier alpha value is -2.24. The first-order valence-corrected chi connectivity index (χ1v) is 9.95. The second-order valence-electron chi connectivity index (χ2n) is 8.34. The lowest BCUT2D eigenvalue weighted by atomic mass is 9.82. The first-order valence-electron chi connectivity index (χ1n) is 9.57. The number of benzene rings is 2. The molecule has 2 aromatic rings. The smallest absolute Gasteiger partial charge is 0.225 e. The maximum absolute atomic E-state index is 6.51. The highest BCUT2D eigenvalue weighted by Gasteiger charge is 2.52. The second-order valence-corrected chi connectivity index (χ2v) is 8.77. The Morgan fingerprint density at radius 2 is 1.93 bits per heavy atom. The van der Waals surface area contributed by atoms with E-state index in [4.69, 9.17) is 26.2 Å². The van der Waals surface area contributed by atoms with E-state index in [9.17, 15) is 0 Å². The first kappa shape index (κ1) is 19.1. The number of halogens is 1. The highest BCUT2D eigenvalue weighted by molar-refractivity contribution is 6.30. The Morgan fingerprint density at radius 1 is 1.18 bits per heavy atom. The molecular weight excluding hydrogens is 374 g/mol. The van der Waals surface area contributed by atoms with E-state index in [1.54, 1.807) is 5.06 Å². The number of nitrogens with one attached hydrogen (secondary N) is 1. The number of hydrogen-bond acceptors (Lipinski definition) is 5. The third-order valence-corrected chi connectivity index (χ3v) is 5.24. The summed E-state index contributed by atoms with van der Waals surface area (Å²) >= 11 is 6.24. The Bertz CT molecular complexity index is 894. The van der Waals surface area contributed by atoms with Gasteiger partial charge in [-0.3, -0.25) is 0 Å². The summed E-state index contributed by atoms with van der Waals surface area (Å²) in [7, 11) is 1.88. The van der Waals surface area contributed by atoms with Gasteiger partial charge in [0.2, 0.25) is 11.7 Å². The zero-order valence-corrected chi connectivity index (χ0v) is 17.5. The molecule has 2 unspecified atom stereocenters. The lowest BCUT2D eigenvalue weighted by Gasteiger charge is -2.33. The van der Waals surface area contributed by atoms with E-state index in [1.165, 1.54) is 5.56 Å². The van der Waals surface area contributed by atoms with Gasteiger partial charge in [0.25, 0.3) is 0 Å². The standard InChI is InChI=1S/C22H26ClN3O2/c1-21(2,3)24-20-25-22(28-26(20)4)17(15-8-6-5-7-9-15)12-13-27-19-14-16(23)10-11-18(19)22/h5-11,14,17H,12-13H2,1-4H3,(H,24,25). The fourth-order valence-corrected chi connectivity index (χ4v) is 4.01. The normalized spacial score (nSPS) is 24.4. The summed E-state index contributed by atoms with van der Waals surface area (Å²) in [6, 6.07) is 16.1. The summed E-state index contributed by atoms with van der Waals surface area (Å²) in [5, 5.41) is 5.82. The van der Waals surface area contributed by atoms with Gasteiger partial charge in [0.15, 0.2) is 0 Å². The average molecular weight is 400 g/mol. The van der Waals surface area contributed by atoms with Gasteiger partial charge in [-0.2, -0.15) is 0 Å². The van der Waals surface area contributed by atoms with E-state index >= 15 is 0 Å². The second kappa shape index (κ2) is 6.98. The van der Waals surface area contributed by atoms with Gasteiger partial charge in [-0.1, -0.05) is 41.9 Å². The van der Waals surface area contributed by atoms with E-state index in [2.05, 4.69) is 38.2 Å². The largest absolute Gasteiger partial charge is 0.493 e. The molecule has 2 atom stereocenters. The summed E-state index contributed by atoms with van der Waals surface area (Å²) in [6.07, 6.45) is 0.774. The van der Waals surface area contributed by atoms with Crippen molar-refractivity contribution in [1.82, 2.24) is 10.4 Å². The molecule has 2 aliphatic heterocycles. The number of rotatable bonds is 1. The molecule has 5 nitrogen and oxygen atoms in total. The average Bonchev–Trinajstić information content (AvgIpc) is 2.86. The van der Waals surface area contributed by atoms with Gasteiger partial charge < -0.3 is 10.1 Å². The summed E-state index contributed by atoms with van der Waals surface area (Å²) in [5.41, 5.74) is 0.998. The predicted molar refractivity (Wildman–Crippen MR) is 112 cm³/mol. The Labute approximate surface area is 171 Å². The molecule has 6 heteroatoms. The molecule has 0 saturated heterocycles. The minimum absolute atomic E-state index is 0.00200. The van der Waals surface area contributed by atoms with Crippen molar-refractivity contribution in [2.75, 3.05) is 13.7 Å². The SMILES string of the molecule is CN1OC2(N=C1NC(C)(C)C)c1ccc(Cl)cc1OCCC2c1ccccc1. The van der Waals surface area contributed by atoms with E-state index in [0.717, 1.165) is 17.7 Å². The van der Waals surface area contributed by atoms with Gasteiger partial charge in [-0.05, 0) is 51.0 Å². The van der Waals surface area contributed by atoms with E-state index < -0.39 is 5.72 Å². The van der Waals surface area contributed by atoms with Gasteiger partial charge in [0.05, 0.1) is 12.2 Å². The number of nitrogens with zero attached hydrogens (tertiary/aromatic N) is 2. The molecule has 1 spiro atoms. The zero-order chi connectivity index (χ0) is 19.9. The van der Waals surface area contributed by atoms with Gasteiger partial charge >= 0.3 is 0 Å². The van der Waals surface area contributed by atoms with E-state index in [-0.39, 0.29) is 11.5 Å². The molecule has 0 aromatic heterocycles. The molecule has 0 fully saturated rings. The molecule has 0 aliphatic carbocycles. The van der Waals surface area contributed by atoms with Crippen molar-refractivity contribution in [3.63, 3.8) is 0 Å². The number of ether oxygens (including phenoxy) is 1. The molecule has 1 N–H and O–H groups in total. The molecule has 28 heavy (non-hydrogen) atoms. The van der Waals surface area contributed by atoms with Crippen molar-refractivity contribution in [2.45, 2.75) is 44.4 Å². The zero-order valence-electron chi connectivity index (χ0n) is 16.7. The summed E-state index contributed by atoms with van der Waals surface area (Å²) < 4.78 is 6.07. The van der Waals surface area contributed by atoms with Crippen LogP contribution in [0.1, 0.15) is 44.2 Å². The van der Waals surface area contributed by atoms with Crippen LogP contribution in [-0.4, -0.2) is 30.2 Å². The Balaban J connectivity index is 1.90. The van der Waals surface area contributed by atoms with Gasteiger partial charge in [0, 0.05) is 23.5 Å². The number of hydrogen-bond donors (Lipinski definition) is 1. The number of aliphatic imine (C=N–C) groups is 1. The van der Waals surface area contributed by atoms with Crippen LogP contribution in [0.5, 0.6) is 5.75 Å². The Morgan fingerprint density at radius 3 is 2.64 bits per heavy atom. The topological polar surface area (TPSA) is 46.1 Å². The van der Waals surface area contributed by atoms with Crippen molar-refractivity contribution < 1.29 is 9.57 Å². The molecule has 0 saturated carbocycles. The van der Waals surface area contributed by atoms with Crippen LogP contribution >= 0.6 is 11.6 Å². The van der Waals surface area contributed by atoms with Crippen molar-refractivity contribution in [3.8, 4) is 5.75 Å². The fraction of sp³-hybridized carbons (Fsp3) is 0.409. The van der Waals surface area contributed by atoms with Crippen molar-refractivity contribution >= 4 is 17.6 Å². The molecule has 0 radical (unpaired) electrons. The lowest BCUT2D eigenvalue weighted by Crippen LogP contribution is -2.46. The van der Waals surface area contributed by atoms with Crippen LogP contribution in [0.3, 0.4) is 0 Å². The summed E-state index contributed by atoms with van der Waals surface area (Å²) in [6.45, 7) is 6.88. The number of hydroxylamine groups is 2. The summed E-state index contributed by atoms with van der Waals surface area (Å²) in [4.78, 5) is 11.6. The number of fused-ring (bicyclic) bond motifs is 2. The quantitative estimate of drug-likeness (QED) is 0.756. The maximum atomic E-state index is 6.51. The van der Waals surface area contributed by atoms with Gasteiger partial charge in [-0.25, -0.2) is 14.9 Å². The lowest BCUT2D eigenvalue weighted by molar-refractivity contribution is -0.185.